The van der Waals surface area contributed by atoms with Gasteiger partial charge in [-0.2, -0.15) is 0 Å². The van der Waals surface area contributed by atoms with Crippen molar-refractivity contribution in [3.63, 3.8) is 0 Å². The van der Waals surface area contributed by atoms with Crippen molar-refractivity contribution in [3.05, 3.63) is 56.8 Å². The molecule has 0 amide bonds. The van der Waals surface area contributed by atoms with Crippen LogP contribution in [-0.2, 0) is 4.74 Å². The summed E-state index contributed by atoms with van der Waals surface area (Å²) < 4.78 is 13.0. The summed E-state index contributed by atoms with van der Waals surface area (Å²) in [5.74, 6) is 0.796. The number of methoxy groups -OCH3 is 1. The Labute approximate surface area is 153 Å². The number of nitrogens with zero attached hydrogens (tertiary/aromatic N) is 2. The highest BCUT2D eigenvalue weighted by Gasteiger charge is 2.15. The first-order chi connectivity index (χ1) is 11.6. The molecule has 0 fully saturated rings. The largest absolute Gasteiger partial charge is 0.463 e. The quantitative estimate of drug-likeness (QED) is 0.579. The second-order valence-corrected chi connectivity index (χ2v) is 6.92. The summed E-state index contributed by atoms with van der Waals surface area (Å²) >= 11 is 13.6. The molecule has 1 aromatic carbocycles. The van der Waals surface area contributed by atoms with Gasteiger partial charge in [-0.05, 0) is 37.3 Å². The van der Waals surface area contributed by atoms with Crippen molar-refractivity contribution in [2.24, 2.45) is 4.99 Å². The van der Waals surface area contributed by atoms with Gasteiger partial charge in [-0.25, -0.2) is 4.99 Å². The zero-order valence-electron chi connectivity index (χ0n) is 13.2. The van der Waals surface area contributed by atoms with Crippen LogP contribution in [0.4, 0.5) is 5.69 Å². The molecule has 1 unspecified atom stereocenters. The molecule has 3 rings (SSSR count). The van der Waals surface area contributed by atoms with E-state index < -0.39 is 0 Å². The zero-order chi connectivity index (χ0) is 17.1. The summed E-state index contributed by atoms with van der Waals surface area (Å²) in [6.45, 7) is 2.65. The van der Waals surface area contributed by atoms with E-state index in [4.69, 9.17) is 37.3 Å². The molecule has 1 atom stereocenters. The van der Waals surface area contributed by atoms with Crippen LogP contribution in [0.1, 0.15) is 13.0 Å². The molecule has 0 aliphatic rings. The summed E-state index contributed by atoms with van der Waals surface area (Å²) in [6, 6.07) is 9.23. The first-order valence-electron chi connectivity index (χ1n) is 7.32. The maximum absolute atomic E-state index is 6.09. The van der Waals surface area contributed by atoms with E-state index in [0.29, 0.717) is 16.7 Å². The van der Waals surface area contributed by atoms with Crippen LogP contribution in [0.15, 0.2) is 51.4 Å². The molecule has 3 aromatic rings. The molecular weight excluding hydrogens is 367 g/mol. The fraction of sp³-hybridized carbons (Fsp3) is 0.235. The SMILES string of the molecule is COCC(C)n1c(-c2ccco2)csc1=Nc1ccc(Cl)c(Cl)c1. The second-order valence-electron chi connectivity index (χ2n) is 5.27. The van der Waals surface area contributed by atoms with E-state index in [1.165, 1.54) is 11.3 Å². The predicted octanol–water partition coefficient (Wildman–Crippen LogP) is 5.56. The zero-order valence-corrected chi connectivity index (χ0v) is 15.5. The van der Waals surface area contributed by atoms with Gasteiger partial charge >= 0.3 is 0 Å². The minimum absolute atomic E-state index is 0.0999. The molecule has 0 aliphatic carbocycles. The van der Waals surface area contributed by atoms with Crippen molar-refractivity contribution in [3.8, 4) is 11.5 Å². The van der Waals surface area contributed by atoms with Crippen molar-refractivity contribution in [1.82, 2.24) is 4.57 Å². The fourth-order valence-corrected chi connectivity index (χ4v) is 3.70. The smallest absolute Gasteiger partial charge is 0.190 e. The summed E-state index contributed by atoms with van der Waals surface area (Å²) in [6.07, 6.45) is 1.66. The Bertz CT molecular complexity index is 884. The molecule has 0 saturated heterocycles. The minimum Gasteiger partial charge on any atom is -0.463 e. The van der Waals surface area contributed by atoms with Crippen molar-refractivity contribution in [1.29, 1.82) is 0 Å². The van der Waals surface area contributed by atoms with Gasteiger partial charge in [0, 0.05) is 12.5 Å². The maximum atomic E-state index is 6.09. The number of rotatable bonds is 5. The third kappa shape index (κ3) is 3.59. The number of halogens is 2. The third-order valence-electron chi connectivity index (χ3n) is 3.49. The van der Waals surface area contributed by atoms with Gasteiger partial charge in [0.25, 0.3) is 0 Å². The minimum atomic E-state index is 0.0999. The van der Waals surface area contributed by atoms with Crippen LogP contribution in [0, 0.1) is 0 Å². The number of furan rings is 1. The van der Waals surface area contributed by atoms with E-state index in [-0.39, 0.29) is 6.04 Å². The highest BCUT2D eigenvalue weighted by molar-refractivity contribution is 7.07. The summed E-state index contributed by atoms with van der Waals surface area (Å²) in [4.78, 5) is 5.56. The van der Waals surface area contributed by atoms with Crippen LogP contribution < -0.4 is 4.80 Å². The van der Waals surface area contributed by atoms with Gasteiger partial charge in [0.05, 0.1) is 40.3 Å². The van der Waals surface area contributed by atoms with Gasteiger partial charge in [0.1, 0.15) is 0 Å². The van der Waals surface area contributed by atoms with Crippen LogP contribution >= 0.6 is 34.5 Å². The standard InChI is InChI=1S/C17H16Cl2N2O2S/c1-11(9-22-2)21-15(16-4-3-7-23-16)10-24-17(21)20-12-5-6-13(18)14(19)8-12/h3-8,10-11H,9H2,1-2H3. The lowest BCUT2D eigenvalue weighted by molar-refractivity contribution is 0.161. The van der Waals surface area contributed by atoms with Crippen LogP contribution in [0.3, 0.4) is 0 Å². The highest BCUT2D eigenvalue weighted by Crippen LogP contribution is 2.28. The molecule has 126 valence electrons. The molecule has 0 aliphatic heterocycles. The predicted molar refractivity (Wildman–Crippen MR) is 98.3 cm³/mol. The number of thiazole rings is 1. The molecule has 2 heterocycles. The van der Waals surface area contributed by atoms with E-state index >= 15 is 0 Å². The summed E-state index contributed by atoms with van der Waals surface area (Å²) in [5.41, 5.74) is 1.71. The van der Waals surface area contributed by atoms with Crippen LogP contribution in [0.5, 0.6) is 0 Å². The Kier molecular flexibility index (Phi) is 5.46. The van der Waals surface area contributed by atoms with Crippen LogP contribution in [0.2, 0.25) is 10.0 Å². The second kappa shape index (κ2) is 7.57. The van der Waals surface area contributed by atoms with Crippen LogP contribution in [-0.4, -0.2) is 18.3 Å². The van der Waals surface area contributed by atoms with Gasteiger partial charge in [0.2, 0.25) is 0 Å². The first kappa shape index (κ1) is 17.3. The lowest BCUT2D eigenvalue weighted by Gasteiger charge is -2.15. The third-order valence-corrected chi connectivity index (χ3v) is 5.07. The molecule has 0 saturated carbocycles. The molecular formula is C17H16Cl2N2O2S. The number of hydrogen-bond acceptors (Lipinski definition) is 4. The average molecular weight is 383 g/mol. The number of ether oxygens (including phenoxy) is 1. The normalized spacial score (nSPS) is 13.4. The van der Waals surface area contributed by atoms with Crippen LogP contribution in [0.25, 0.3) is 11.5 Å². The van der Waals surface area contributed by atoms with Crippen molar-refractivity contribution in [2.45, 2.75) is 13.0 Å². The lowest BCUT2D eigenvalue weighted by Crippen LogP contribution is -2.22. The Hall–Kier alpha value is -1.53. The molecule has 2 aromatic heterocycles. The maximum Gasteiger partial charge on any atom is 0.190 e. The Morgan fingerprint density at radius 2 is 2.12 bits per heavy atom. The number of aromatic nitrogens is 1. The van der Waals surface area contributed by atoms with Gasteiger partial charge < -0.3 is 13.7 Å². The topological polar surface area (TPSA) is 39.7 Å². The molecule has 0 radical (unpaired) electrons. The van der Waals surface area contributed by atoms with E-state index in [2.05, 4.69) is 11.5 Å². The monoisotopic (exact) mass is 382 g/mol. The van der Waals surface area contributed by atoms with Crippen molar-refractivity contribution >= 4 is 40.2 Å². The van der Waals surface area contributed by atoms with Gasteiger partial charge in [-0.1, -0.05) is 23.2 Å². The Balaban J connectivity index is 2.13. The van der Waals surface area contributed by atoms with Gasteiger partial charge in [-0.15, -0.1) is 11.3 Å². The van der Waals surface area contributed by atoms with E-state index in [1.807, 2.05) is 23.6 Å². The molecule has 0 bridgehead atoms. The number of benzene rings is 1. The van der Waals surface area contributed by atoms with E-state index in [9.17, 15) is 0 Å². The lowest BCUT2D eigenvalue weighted by atomic mass is 10.3. The van der Waals surface area contributed by atoms with E-state index in [1.54, 1.807) is 25.5 Å². The van der Waals surface area contributed by atoms with Gasteiger partial charge in [-0.3, -0.25) is 0 Å². The fourth-order valence-electron chi connectivity index (χ4n) is 2.41. The Morgan fingerprint density at radius 3 is 2.79 bits per heavy atom. The first-order valence-corrected chi connectivity index (χ1v) is 8.96. The molecule has 7 heteroatoms. The van der Waals surface area contributed by atoms with E-state index in [0.717, 1.165) is 21.9 Å². The average Bonchev–Trinajstić information content (AvgIpc) is 3.20. The summed E-state index contributed by atoms with van der Waals surface area (Å²) in [5, 5.41) is 3.03. The summed E-state index contributed by atoms with van der Waals surface area (Å²) in [7, 11) is 1.69. The molecule has 4 nitrogen and oxygen atoms in total. The van der Waals surface area contributed by atoms with Crippen molar-refractivity contribution < 1.29 is 9.15 Å². The molecule has 0 spiro atoms. The number of hydrogen-bond donors (Lipinski definition) is 0. The molecule has 0 N–H and O–H groups in total. The highest BCUT2D eigenvalue weighted by atomic mass is 35.5. The molecule has 24 heavy (non-hydrogen) atoms. The Morgan fingerprint density at radius 1 is 1.29 bits per heavy atom. The van der Waals surface area contributed by atoms with Crippen molar-refractivity contribution in [2.75, 3.05) is 13.7 Å². The van der Waals surface area contributed by atoms with Gasteiger partial charge in [0.15, 0.2) is 10.6 Å².